The zero-order chi connectivity index (χ0) is 22.4. The number of rotatable bonds is 4. The molecular weight excluding hydrogens is 408 g/mol. The first-order valence-corrected chi connectivity index (χ1v) is 8.29. The lowest BCUT2D eigenvalue weighted by Crippen LogP contribution is -2.49. The summed E-state index contributed by atoms with van der Waals surface area (Å²) in [6.45, 7) is 3.88. The quantitative estimate of drug-likeness (QED) is 0.571. The Morgan fingerprint density at radius 1 is 1.07 bits per heavy atom. The van der Waals surface area contributed by atoms with Crippen LogP contribution in [0.15, 0.2) is 18.2 Å². The molecule has 1 aliphatic rings. The SMILES string of the molecule is CC(C)C1(C)NC(=O)N(CC(=O)Nc2cc(C(F)(F)F)cc(C(F)(F)F)c2)C1=O. The first-order valence-electron chi connectivity index (χ1n) is 8.29. The largest absolute Gasteiger partial charge is 0.416 e. The molecule has 0 bridgehead atoms. The smallest absolute Gasteiger partial charge is 0.325 e. The van der Waals surface area contributed by atoms with E-state index in [0.29, 0.717) is 17.0 Å². The van der Waals surface area contributed by atoms with Crippen molar-refractivity contribution in [2.24, 2.45) is 5.92 Å². The minimum atomic E-state index is -5.08. The number of hydrogen-bond acceptors (Lipinski definition) is 3. The number of anilines is 1. The molecule has 1 aromatic carbocycles. The van der Waals surface area contributed by atoms with E-state index in [1.54, 1.807) is 13.8 Å². The van der Waals surface area contributed by atoms with Gasteiger partial charge in [-0.15, -0.1) is 0 Å². The molecule has 0 aliphatic carbocycles. The highest BCUT2D eigenvalue weighted by Crippen LogP contribution is 2.37. The Labute approximate surface area is 161 Å². The Morgan fingerprint density at radius 2 is 1.55 bits per heavy atom. The van der Waals surface area contributed by atoms with E-state index in [1.807, 2.05) is 5.32 Å². The zero-order valence-corrected chi connectivity index (χ0v) is 15.5. The second-order valence-corrected chi connectivity index (χ2v) is 7.02. The Balaban J connectivity index is 2.25. The van der Waals surface area contributed by atoms with Gasteiger partial charge in [0.15, 0.2) is 0 Å². The fourth-order valence-corrected chi connectivity index (χ4v) is 2.62. The number of benzene rings is 1. The molecule has 160 valence electrons. The van der Waals surface area contributed by atoms with Crippen LogP contribution in [0.4, 0.5) is 36.8 Å². The van der Waals surface area contributed by atoms with Gasteiger partial charge in [0.2, 0.25) is 5.91 Å². The van der Waals surface area contributed by atoms with Gasteiger partial charge in [-0.1, -0.05) is 13.8 Å². The van der Waals surface area contributed by atoms with E-state index in [9.17, 15) is 40.7 Å². The fraction of sp³-hybridized carbons (Fsp3) is 0.471. The third kappa shape index (κ3) is 4.62. The van der Waals surface area contributed by atoms with Gasteiger partial charge in [-0.2, -0.15) is 26.3 Å². The average Bonchev–Trinajstić information content (AvgIpc) is 2.77. The van der Waals surface area contributed by atoms with Gasteiger partial charge >= 0.3 is 18.4 Å². The predicted molar refractivity (Wildman–Crippen MR) is 88.6 cm³/mol. The summed E-state index contributed by atoms with van der Waals surface area (Å²) in [5.74, 6) is -2.19. The number of carbonyl (C=O) groups excluding carboxylic acids is 3. The van der Waals surface area contributed by atoms with Gasteiger partial charge in [-0.25, -0.2) is 4.79 Å². The van der Waals surface area contributed by atoms with Gasteiger partial charge < -0.3 is 10.6 Å². The highest BCUT2D eigenvalue weighted by Gasteiger charge is 2.50. The van der Waals surface area contributed by atoms with Crippen molar-refractivity contribution in [3.05, 3.63) is 29.3 Å². The molecule has 4 amide bonds. The molecule has 1 atom stereocenters. The summed E-state index contributed by atoms with van der Waals surface area (Å²) in [4.78, 5) is 37.0. The highest BCUT2D eigenvalue weighted by molar-refractivity contribution is 6.10. The Bertz CT molecular complexity index is 818. The molecule has 1 aliphatic heterocycles. The third-order valence-electron chi connectivity index (χ3n) is 4.63. The molecule has 1 heterocycles. The number of hydrogen-bond donors (Lipinski definition) is 2. The summed E-state index contributed by atoms with van der Waals surface area (Å²) in [6.07, 6.45) is -10.2. The van der Waals surface area contributed by atoms with Gasteiger partial charge in [-0.3, -0.25) is 14.5 Å². The number of halogens is 6. The van der Waals surface area contributed by atoms with Gasteiger partial charge in [0, 0.05) is 5.69 Å². The number of amides is 4. The van der Waals surface area contributed by atoms with Crippen LogP contribution in [0.2, 0.25) is 0 Å². The van der Waals surface area contributed by atoms with Crippen LogP contribution >= 0.6 is 0 Å². The van der Waals surface area contributed by atoms with Crippen LogP contribution < -0.4 is 10.6 Å². The standard InChI is InChI=1S/C17H17F6N3O3/c1-8(2)15(3)13(28)26(14(29)25-15)7-12(27)24-11-5-9(16(18,19)20)4-10(6-11)17(21,22)23/h4-6,8H,7H2,1-3H3,(H,24,27)(H,25,29). The van der Waals surface area contributed by atoms with Crippen molar-refractivity contribution < 1.29 is 40.7 Å². The van der Waals surface area contributed by atoms with Gasteiger partial charge in [0.25, 0.3) is 5.91 Å². The van der Waals surface area contributed by atoms with Crippen LogP contribution in [0.1, 0.15) is 31.9 Å². The van der Waals surface area contributed by atoms with Crippen molar-refractivity contribution in [2.75, 3.05) is 11.9 Å². The molecule has 29 heavy (non-hydrogen) atoms. The molecule has 1 saturated heterocycles. The van der Waals surface area contributed by atoms with E-state index in [0.717, 1.165) is 0 Å². The van der Waals surface area contributed by atoms with E-state index >= 15 is 0 Å². The summed E-state index contributed by atoms with van der Waals surface area (Å²) in [6, 6.07) is -0.309. The molecule has 0 saturated carbocycles. The van der Waals surface area contributed by atoms with Crippen molar-refractivity contribution in [2.45, 2.75) is 38.7 Å². The minimum absolute atomic E-state index is 0.0822. The number of nitrogens with one attached hydrogen (secondary N) is 2. The molecule has 2 N–H and O–H groups in total. The molecular formula is C17H17F6N3O3. The van der Waals surface area contributed by atoms with E-state index in [-0.39, 0.29) is 12.0 Å². The highest BCUT2D eigenvalue weighted by atomic mass is 19.4. The van der Waals surface area contributed by atoms with E-state index in [1.165, 1.54) is 6.92 Å². The van der Waals surface area contributed by atoms with Crippen molar-refractivity contribution in [3.63, 3.8) is 0 Å². The summed E-state index contributed by atoms with van der Waals surface area (Å²) >= 11 is 0. The van der Waals surface area contributed by atoms with Crippen LogP contribution in [0.25, 0.3) is 0 Å². The van der Waals surface area contributed by atoms with Gasteiger partial charge in [0.05, 0.1) is 11.1 Å². The van der Waals surface area contributed by atoms with Gasteiger partial charge in [0.1, 0.15) is 12.1 Å². The molecule has 12 heteroatoms. The van der Waals surface area contributed by atoms with Crippen LogP contribution in [-0.4, -0.2) is 34.8 Å². The Hall–Kier alpha value is -2.79. The predicted octanol–water partition coefficient (Wildman–Crippen LogP) is 3.63. The van der Waals surface area contributed by atoms with Crippen molar-refractivity contribution >= 4 is 23.5 Å². The number of urea groups is 1. The zero-order valence-electron chi connectivity index (χ0n) is 15.5. The second-order valence-electron chi connectivity index (χ2n) is 7.02. The normalized spacial score (nSPS) is 20.3. The lowest BCUT2D eigenvalue weighted by atomic mass is 9.88. The average molecular weight is 425 g/mol. The van der Waals surface area contributed by atoms with E-state index < -0.39 is 59.1 Å². The minimum Gasteiger partial charge on any atom is -0.325 e. The molecule has 0 radical (unpaired) electrons. The molecule has 0 aromatic heterocycles. The lowest BCUT2D eigenvalue weighted by molar-refractivity contribution is -0.143. The molecule has 1 unspecified atom stereocenters. The maximum absolute atomic E-state index is 12.9. The lowest BCUT2D eigenvalue weighted by Gasteiger charge is -2.25. The van der Waals surface area contributed by atoms with Crippen LogP contribution in [-0.2, 0) is 21.9 Å². The van der Waals surface area contributed by atoms with E-state index in [4.69, 9.17) is 0 Å². The summed E-state index contributed by atoms with van der Waals surface area (Å²) in [7, 11) is 0. The summed E-state index contributed by atoms with van der Waals surface area (Å²) in [5, 5.41) is 4.30. The van der Waals surface area contributed by atoms with E-state index in [2.05, 4.69) is 5.32 Å². The number of alkyl halides is 6. The fourth-order valence-electron chi connectivity index (χ4n) is 2.62. The Morgan fingerprint density at radius 3 is 1.93 bits per heavy atom. The van der Waals surface area contributed by atoms with Crippen LogP contribution in [0.3, 0.4) is 0 Å². The maximum atomic E-state index is 12.9. The number of imide groups is 1. The summed E-state index contributed by atoms with van der Waals surface area (Å²) < 4.78 is 77.3. The Kier molecular flexibility index (Phi) is 5.61. The topological polar surface area (TPSA) is 78.5 Å². The first-order chi connectivity index (χ1) is 13.1. The molecule has 2 rings (SSSR count). The van der Waals surface area contributed by atoms with Gasteiger partial charge in [-0.05, 0) is 31.0 Å². The van der Waals surface area contributed by atoms with Crippen LogP contribution in [0.5, 0.6) is 0 Å². The van der Waals surface area contributed by atoms with Crippen molar-refractivity contribution in [1.29, 1.82) is 0 Å². The second kappa shape index (κ2) is 7.23. The van der Waals surface area contributed by atoms with Crippen molar-refractivity contribution in [1.82, 2.24) is 10.2 Å². The molecule has 6 nitrogen and oxygen atoms in total. The summed E-state index contributed by atoms with van der Waals surface area (Å²) in [5.41, 5.74) is -5.26. The molecule has 1 aromatic rings. The molecule has 1 fully saturated rings. The monoisotopic (exact) mass is 425 g/mol. The van der Waals surface area contributed by atoms with Crippen LogP contribution in [0, 0.1) is 5.92 Å². The maximum Gasteiger partial charge on any atom is 0.416 e. The number of nitrogens with zero attached hydrogens (tertiary/aromatic N) is 1. The molecule has 0 spiro atoms. The number of carbonyl (C=O) groups is 3. The first kappa shape index (κ1) is 22.5. The van der Waals surface area contributed by atoms with Crippen molar-refractivity contribution in [3.8, 4) is 0 Å². The third-order valence-corrected chi connectivity index (χ3v) is 4.63.